The lowest BCUT2D eigenvalue weighted by Gasteiger charge is -2.08. The van der Waals surface area contributed by atoms with Crippen LogP contribution < -0.4 is 0 Å². The molecule has 0 aliphatic rings. The van der Waals surface area contributed by atoms with Crippen molar-refractivity contribution >= 4 is 54.3 Å². The van der Waals surface area contributed by atoms with E-state index in [1.807, 2.05) is 0 Å². The Morgan fingerprint density at radius 3 is 1.28 bits per heavy atom. The number of fused-ring (bicyclic) bond motifs is 9. The van der Waals surface area contributed by atoms with Gasteiger partial charge in [-0.15, -0.1) is 0 Å². The lowest BCUT2D eigenvalue weighted by atomic mass is 9.95. The zero-order chi connectivity index (χ0) is 24.5. The van der Waals surface area contributed by atoms with Crippen LogP contribution in [0.2, 0.25) is 0 Å². The fraction of sp³-hybridized carbons (Fsp3) is 0.353. The van der Waals surface area contributed by atoms with Crippen LogP contribution in [0.3, 0.4) is 0 Å². The highest BCUT2D eigenvalue weighted by Crippen LogP contribution is 2.38. The van der Waals surface area contributed by atoms with Gasteiger partial charge in [-0.25, -0.2) is 0 Å². The summed E-state index contributed by atoms with van der Waals surface area (Å²) in [5.74, 6) is 2.22. The molecule has 6 rings (SSSR count). The number of rotatable bonds is 10. The van der Waals surface area contributed by atoms with E-state index in [0.717, 1.165) is 35.5 Å². The molecule has 36 heavy (non-hydrogen) atoms. The lowest BCUT2D eigenvalue weighted by molar-refractivity contribution is 0.529. The van der Waals surface area contributed by atoms with E-state index < -0.39 is 0 Å². The Morgan fingerprint density at radius 2 is 0.833 bits per heavy atom. The van der Waals surface area contributed by atoms with Crippen LogP contribution in [0.5, 0.6) is 0 Å². The lowest BCUT2D eigenvalue weighted by Crippen LogP contribution is -1.82. The number of hydrogen-bond acceptors (Lipinski definition) is 2. The van der Waals surface area contributed by atoms with Gasteiger partial charge in [0.2, 0.25) is 0 Å². The van der Waals surface area contributed by atoms with Crippen molar-refractivity contribution in [1.82, 2.24) is 0 Å². The Labute approximate surface area is 213 Å². The van der Waals surface area contributed by atoms with E-state index in [2.05, 4.69) is 74.5 Å². The molecule has 2 heterocycles. The maximum absolute atomic E-state index is 6.39. The van der Waals surface area contributed by atoms with Crippen molar-refractivity contribution < 1.29 is 8.83 Å². The van der Waals surface area contributed by atoms with Crippen LogP contribution in [-0.2, 0) is 12.8 Å². The molecule has 4 aromatic carbocycles. The molecule has 0 bridgehead atoms. The normalized spacial score (nSPS) is 12.2. The first-order chi connectivity index (χ1) is 17.8. The highest BCUT2D eigenvalue weighted by Gasteiger charge is 2.14. The van der Waals surface area contributed by atoms with Crippen molar-refractivity contribution in [2.24, 2.45) is 0 Å². The fourth-order valence-electron chi connectivity index (χ4n) is 5.84. The third kappa shape index (κ3) is 4.17. The Kier molecular flexibility index (Phi) is 6.44. The van der Waals surface area contributed by atoms with Gasteiger partial charge in [0.15, 0.2) is 0 Å². The third-order valence-electron chi connectivity index (χ3n) is 7.81. The van der Waals surface area contributed by atoms with Gasteiger partial charge in [0, 0.05) is 34.4 Å². The quantitative estimate of drug-likeness (QED) is 0.145. The second-order valence-corrected chi connectivity index (χ2v) is 10.4. The SMILES string of the molecule is CCCCCCc1cc2ccc3c4ccc5c(ccc6cc(CCCCCC)oc65)c4ccc3c2o1. The van der Waals surface area contributed by atoms with Crippen LogP contribution in [0.25, 0.3) is 54.3 Å². The average molecular weight is 477 g/mol. The van der Waals surface area contributed by atoms with E-state index in [4.69, 9.17) is 8.83 Å². The van der Waals surface area contributed by atoms with E-state index in [-0.39, 0.29) is 0 Å². The standard InChI is InChI=1S/C34H36O2/c1-3-5-7-9-11-25-21-23-13-15-29-27-18-20-32-30(28(27)17-19-31(29)33(23)35-25)16-14-24-22-26(36-34(24)32)12-10-8-6-4-2/h13-22H,3-12H2,1-2H3. The van der Waals surface area contributed by atoms with Crippen LogP contribution in [0.15, 0.2) is 69.5 Å². The van der Waals surface area contributed by atoms with Gasteiger partial charge in [-0.2, -0.15) is 0 Å². The molecule has 0 unspecified atom stereocenters. The van der Waals surface area contributed by atoms with Crippen LogP contribution >= 0.6 is 0 Å². The number of hydrogen-bond donors (Lipinski definition) is 0. The van der Waals surface area contributed by atoms with Crippen LogP contribution in [0.1, 0.15) is 76.7 Å². The molecule has 0 spiro atoms. The summed E-state index contributed by atoms with van der Waals surface area (Å²) in [5, 5.41) is 9.87. The first kappa shape index (κ1) is 23.2. The molecule has 2 heteroatoms. The summed E-state index contributed by atoms with van der Waals surface area (Å²) in [4.78, 5) is 0. The number of unbranched alkanes of at least 4 members (excludes halogenated alkanes) is 6. The van der Waals surface area contributed by atoms with E-state index >= 15 is 0 Å². The highest BCUT2D eigenvalue weighted by atomic mass is 16.3. The van der Waals surface area contributed by atoms with Gasteiger partial charge in [0.25, 0.3) is 0 Å². The molecule has 0 amide bonds. The Balaban J connectivity index is 1.39. The summed E-state index contributed by atoms with van der Waals surface area (Å²) in [5.41, 5.74) is 2.04. The van der Waals surface area contributed by atoms with Crippen LogP contribution in [-0.4, -0.2) is 0 Å². The fourth-order valence-corrected chi connectivity index (χ4v) is 5.84. The maximum Gasteiger partial charge on any atom is 0.142 e. The van der Waals surface area contributed by atoms with Crippen molar-refractivity contribution in [1.29, 1.82) is 0 Å². The second kappa shape index (κ2) is 10.0. The molecule has 184 valence electrons. The Morgan fingerprint density at radius 1 is 0.444 bits per heavy atom. The van der Waals surface area contributed by atoms with E-state index in [1.54, 1.807) is 0 Å². The van der Waals surface area contributed by atoms with Crippen molar-refractivity contribution in [3.8, 4) is 0 Å². The van der Waals surface area contributed by atoms with Gasteiger partial charge in [-0.1, -0.05) is 88.8 Å². The molecule has 0 fully saturated rings. The minimum atomic E-state index is 1.02. The Hall–Kier alpha value is -3.26. The van der Waals surface area contributed by atoms with Gasteiger partial charge >= 0.3 is 0 Å². The predicted molar refractivity (Wildman–Crippen MR) is 154 cm³/mol. The number of benzene rings is 4. The summed E-state index contributed by atoms with van der Waals surface area (Å²) in [6.07, 6.45) is 12.1. The number of furan rings is 2. The second-order valence-electron chi connectivity index (χ2n) is 10.4. The molecule has 0 saturated carbocycles. The summed E-state index contributed by atoms with van der Waals surface area (Å²) >= 11 is 0. The van der Waals surface area contributed by atoms with Gasteiger partial charge in [-0.3, -0.25) is 0 Å². The molecule has 0 N–H and O–H groups in total. The monoisotopic (exact) mass is 476 g/mol. The topological polar surface area (TPSA) is 26.3 Å². The van der Waals surface area contributed by atoms with Gasteiger partial charge < -0.3 is 8.83 Å². The molecule has 6 aromatic rings. The molecular weight excluding hydrogens is 440 g/mol. The molecule has 0 saturated heterocycles. The highest BCUT2D eigenvalue weighted by molar-refractivity contribution is 6.23. The first-order valence-corrected chi connectivity index (χ1v) is 14.0. The average Bonchev–Trinajstić information content (AvgIpc) is 3.52. The first-order valence-electron chi connectivity index (χ1n) is 14.0. The molecule has 2 aromatic heterocycles. The van der Waals surface area contributed by atoms with Crippen molar-refractivity contribution in [3.05, 3.63) is 72.2 Å². The van der Waals surface area contributed by atoms with Crippen LogP contribution in [0, 0.1) is 0 Å². The predicted octanol–water partition coefficient (Wildman–Crippen LogP) is 10.9. The van der Waals surface area contributed by atoms with Gasteiger partial charge in [0.1, 0.15) is 22.7 Å². The minimum absolute atomic E-state index is 1.02. The zero-order valence-corrected chi connectivity index (χ0v) is 21.7. The molecule has 0 aliphatic heterocycles. The smallest absolute Gasteiger partial charge is 0.142 e. The largest absolute Gasteiger partial charge is 0.460 e. The Bertz CT molecular complexity index is 1540. The number of aryl methyl sites for hydroxylation is 2. The van der Waals surface area contributed by atoms with Crippen molar-refractivity contribution in [3.63, 3.8) is 0 Å². The molecule has 0 aliphatic carbocycles. The zero-order valence-electron chi connectivity index (χ0n) is 21.7. The van der Waals surface area contributed by atoms with E-state index in [1.165, 1.54) is 94.5 Å². The summed E-state index contributed by atoms with van der Waals surface area (Å²) < 4.78 is 12.8. The maximum atomic E-state index is 6.39. The molecule has 0 atom stereocenters. The van der Waals surface area contributed by atoms with Gasteiger partial charge in [0.05, 0.1) is 0 Å². The molecule has 0 radical (unpaired) electrons. The van der Waals surface area contributed by atoms with E-state index in [9.17, 15) is 0 Å². The molecular formula is C34H36O2. The summed E-state index contributed by atoms with van der Waals surface area (Å²) in [6.45, 7) is 4.51. The van der Waals surface area contributed by atoms with E-state index in [0.29, 0.717) is 0 Å². The summed E-state index contributed by atoms with van der Waals surface area (Å²) in [6, 6.07) is 22.5. The minimum Gasteiger partial charge on any atom is -0.460 e. The van der Waals surface area contributed by atoms with Gasteiger partial charge in [-0.05, 0) is 58.7 Å². The molecule has 2 nitrogen and oxygen atoms in total. The van der Waals surface area contributed by atoms with Crippen molar-refractivity contribution in [2.75, 3.05) is 0 Å². The van der Waals surface area contributed by atoms with Crippen LogP contribution in [0.4, 0.5) is 0 Å². The third-order valence-corrected chi connectivity index (χ3v) is 7.81. The van der Waals surface area contributed by atoms with Crippen molar-refractivity contribution in [2.45, 2.75) is 78.1 Å². The summed E-state index contributed by atoms with van der Waals surface area (Å²) in [7, 11) is 0.